The van der Waals surface area contributed by atoms with E-state index in [9.17, 15) is 0 Å². The number of nitrogens with zero attached hydrogens (tertiary/aromatic N) is 2. The Balaban J connectivity index is 1.72. The number of ether oxygens (including phenoxy) is 2. The van der Waals surface area contributed by atoms with Crippen LogP contribution in [0.5, 0.6) is 0 Å². The van der Waals surface area contributed by atoms with Gasteiger partial charge in [-0.1, -0.05) is 51.0 Å². The summed E-state index contributed by atoms with van der Waals surface area (Å²) in [6.45, 7) is 16.8. The van der Waals surface area contributed by atoms with Crippen LogP contribution >= 0.6 is 0 Å². The molecule has 6 rings (SSSR count). The molecule has 2 aromatic carbocycles. The molecular weight excluding hydrogens is 408 g/mol. The fraction of sp³-hybridized carbons (Fsp3) is 0.517. The van der Waals surface area contributed by atoms with Crippen molar-refractivity contribution in [3.63, 3.8) is 0 Å². The van der Waals surface area contributed by atoms with Gasteiger partial charge in [-0.3, -0.25) is 0 Å². The van der Waals surface area contributed by atoms with Crippen molar-refractivity contribution < 1.29 is 9.47 Å². The van der Waals surface area contributed by atoms with Gasteiger partial charge in [-0.25, -0.2) is 9.98 Å². The van der Waals surface area contributed by atoms with Crippen molar-refractivity contribution in [2.75, 3.05) is 26.3 Å². The zero-order valence-electron chi connectivity index (χ0n) is 20.8. The number of fused-ring (bicyclic) bond motifs is 4. The van der Waals surface area contributed by atoms with Gasteiger partial charge in [0.1, 0.15) is 13.2 Å². The Morgan fingerprint density at radius 1 is 0.667 bits per heavy atom. The zero-order valence-corrected chi connectivity index (χ0v) is 20.8. The Kier molecular flexibility index (Phi) is 4.26. The van der Waals surface area contributed by atoms with E-state index in [1.165, 1.54) is 44.5 Å². The van der Waals surface area contributed by atoms with Gasteiger partial charge in [0.05, 0.1) is 13.1 Å². The number of rotatable bonds is 2. The summed E-state index contributed by atoms with van der Waals surface area (Å²) < 4.78 is 12.2. The van der Waals surface area contributed by atoms with Gasteiger partial charge in [-0.15, -0.1) is 0 Å². The number of benzene rings is 2. The number of aliphatic imine (C=N–C) groups is 2. The van der Waals surface area contributed by atoms with E-state index in [-0.39, 0.29) is 16.2 Å². The SMILES string of the molecule is Cc1cc(C2=NCCO2)c2c(c1)C(C)(C)CC21CC(C)(C)c2cc(C)cc(C3=NCCO3)c21. The molecule has 0 fully saturated rings. The summed E-state index contributed by atoms with van der Waals surface area (Å²) in [6.07, 6.45) is 2.14. The van der Waals surface area contributed by atoms with E-state index in [2.05, 4.69) is 65.8 Å². The van der Waals surface area contributed by atoms with Crippen molar-refractivity contribution in [2.45, 2.75) is 70.6 Å². The van der Waals surface area contributed by atoms with Crippen molar-refractivity contribution in [3.8, 4) is 0 Å². The van der Waals surface area contributed by atoms with Crippen LogP contribution in [0.3, 0.4) is 0 Å². The lowest BCUT2D eigenvalue weighted by Gasteiger charge is -2.32. The number of hydrogen-bond acceptors (Lipinski definition) is 4. The molecule has 2 aliphatic carbocycles. The van der Waals surface area contributed by atoms with Crippen molar-refractivity contribution >= 4 is 11.8 Å². The number of hydrogen-bond donors (Lipinski definition) is 0. The van der Waals surface area contributed by atoms with Gasteiger partial charge in [-0.05, 0) is 71.9 Å². The van der Waals surface area contributed by atoms with Crippen LogP contribution in [0.25, 0.3) is 0 Å². The number of aryl methyl sites for hydroxylation is 2. The minimum absolute atomic E-state index is 0.0491. The van der Waals surface area contributed by atoms with Crippen LogP contribution in [-0.2, 0) is 25.7 Å². The molecule has 0 bridgehead atoms. The second kappa shape index (κ2) is 6.71. The first-order valence-corrected chi connectivity index (χ1v) is 12.3. The lowest BCUT2D eigenvalue weighted by Crippen LogP contribution is -2.30. The quantitative estimate of drug-likeness (QED) is 0.616. The van der Waals surface area contributed by atoms with Crippen molar-refractivity contribution in [1.82, 2.24) is 0 Å². The summed E-state index contributed by atoms with van der Waals surface area (Å²) in [5.41, 5.74) is 10.7. The molecule has 0 radical (unpaired) electrons. The summed E-state index contributed by atoms with van der Waals surface area (Å²) in [7, 11) is 0. The molecule has 0 saturated heterocycles. The van der Waals surface area contributed by atoms with E-state index in [1.807, 2.05) is 0 Å². The molecule has 1 spiro atoms. The predicted molar refractivity (Wildman–Crippen MR) is 133 cm³/mol. The zero-order chi connectivity index (χ0) is 23.2. The smallest absolute Gasteiger partial charge is 0.216 e. The third-order valence-electron chi connectivity index (χ3n) is 8.10. The highest BCUT2D eigenvalue weighted by molar-refractivity contribution is 6.01. The summed E-state index contributed by atoms with van der Waals surface area (Å²) in [5, 5.41) is 0. The van der Waals surface area contributed by atoms with Crippen molar-refractivity contribution in [1.29, 1.82) is 0 Å². The second-order valence-corrected chi connectivity index (χ2v) is 11.7. The van der Waals surface area contributed by atoms with E-state index in [0.29, 0.717) is 13.2 Å². The predicted octanol–water partition coefficient (Wildman–Crippen LogP) is 5.51. The molecule has 2 heterocycles. The molecule has 0 N–H and O–H groups in total. The van der Waals surface area contributed by atoms with Crippen LogP contribution < -0.4 is 0 Å². The van der Waals surface area contributed by atoms with Crippen LogP contribution in [0.1, 0.15) is 85.0 Å². The van der Waals surface area contributed by atoms with Gasteiger partial charge in [0.15, 0.2) is 0 Å². The maximum Gasteiger partial charge on any atom is 0.216 e. The normalized spacial score (nSPS) is 23.1. The lowest BCUT2D eigenvalue weighted by atomic mass is 9.70. The van der Waals surface area contributed by atoms with Gasteiger partial charge in [-0.2, -0.15) is 0 Å². The van der Waals surface area contributed by atoms with E-state index < -0.39 is 0 Å². The molecule has 4 aliphatic rings. The van der Waals surface area contributed by atoms with E-state index >= 15 is 0 Å². The third-order valence-corrected chi connectivity index (χ3v) is 8.10. The van der Waals surface area contributed by atoms with Crippen LogP contribution in [-0.4, -0.2) is 38.1 Å². The fourth-order valence-electron chi connectivity index (χ4n) is 7.25. The molecule has 0 aromatic heterocycles. The molecule has 2 aliphatic heterocycles. The van der Waals surface area contributed by atoms with E-state index in [0.717, 1.165) is 37.7 Å². The first-order chi connectivity index (χ1) is 15.6. The molecule has 0 saturated carbocycles. The second-order valence-electron chi connectivity index (χ2n) is 11.7. The summed E-state index contributed by atoms with van der Waals surface area (Å²) >= 11 is 0. The highest BCUT2D eigenvalue weighted by Crippen LogP contribution is 2.64. The first kappa shape index (κ1) is 20.9. The topological polar surface area (TPSA) is 43.2 Å². The molecule has 4 nitrogen and oxygen atoms in total. The van der Waals surface area contributed by atoms with E-state index in [4.69, 9.17) is 19.5 Å². The molecule has 33 heavy (non-hydrogen) atoms. The van der Waals surface area contributed by atoms with Gasteiger partial charge < -0.3 is 9.47 Å². The Bertz CT molecular complexity index is 1150. The molecular formula is C29H34N2O2. The largest absolute Gasteiger partial charge is 0.476 e. The van der Waals surface area contributed by atoms with Gasteiger partial charge in [0.2, 0.25) is 11.8 Å². The Morgan fingerprint density at radius 3 is 1.45 bits per heavy atom. The Hall–Kier alpha value is -2.62. The maximum atomic E-state index is 6.08. The Labute approximate surface area is 197 Å². The molecule has 0 unspecified atom stereocenters. The van der Waals surface area contributed by atoms with Crippen LogP contribution in [0, 0.1) is 13.8 Å². The standard InChI is InChI=1S/C29H34N2O2/c1-17-11-19(25-30-7-9-32-25)23-21(13-17)27(3,4)15-29(23)16-28(5,6)22-14-18(2)12-20(24(22)29)26-31-8-10-33-26/h11-14H,7-10,15-16H2,1-6H3. The van der Waals surface area contributed by atoms with Crippen molar-refractivity contribution in [2.24, 2.45) is 9.98 Å². The first-order valence-electron chi connectivity index (χ1n) is 12.3. The highest BCUT2D eigenvalue weighted by atomic mass is 16.5. The Morgan fingerprint density at radius 2 is 1.09 bits per heavy atom. The van der Waals surface area contributed by atoms with Crippen LogP contribution in [0.15, 0.2) is 34.3 Å². The third kappa shape index (κ3) is 2.88. The van der Waals surface area contributed by atoms with Gasteiger partial charge >= 0.3 is 0 Å². The lowest BCUT2D eigenvalue weighted by molar-refractivity contribution is 0.338. The van der Waals surface area contributed by atoms with Gasteiger partial charge in [0.25, 0.3) is 0 Å². The molecule has 2 aromatic rings. The average molecular weight is 443 g/mol. The minimum atomic E-state index is -0.118. The van der Waals surface area contributed by atoms with Crippen LogP contribution in [0.2, 0.25) is 0 Å². The average Bonchev–Trinajstić information content (AvgIpc) is 3.50. The summed E-state index contributed by atoms with van der Waals surface area (Å²) in [6, 6.07) is 9.42. The minimum Gasteiger partial charge on any atom is -0.476 e. The fourth-order valence-corrected chi connectivity index (χ4v) is 7.25. The monoisotopic (exact) mass is 442 g/mol. The molecule has 4 heteroatoms. The molecule has 0 amide bonds. The maximum absolute atomic E-state index is 6.08. The summed E-state index contributed by atoms with van der Waals surface area (Å²) in [5.74, 6) is 1.64. The van der Waals surface area contributed by atoms with Crippen LogP contribution in [0.4, 0.5) is 0 Å². The molecule has 172 valence electrons. The highest BCUT2D eigenvalue weighted by Gasteiger charge is 2.58. The van der Waals surface area contributed by atoms with Crippen molar-refractivity contribution in [3.05, 3.63) is 68.8 Å². The van der Waals surface area contributed by atoms with E-state index in [1.54, 1.807) is 0 Å². The molecule has 0 atom stereocenters. The summed E-state index contributed by atoms with van der Waals surface area (Å²) in [4.78, 5) is 9.56. The van der Waals surface area contributed by atoms with Gasteiger partial charge in [0, 0.05) is 16.5 Å².